The minimum Gasteiger partial charge on any atom is -0.320 e. The van der Waals surface area contributed by atoms with Gasteiger partial charge in [0.15, 0.2) is 0 Å². The van der Waals surface area contributed by atoms with Gasteiger partial charge in [0.25, 0.3) is 0 Å². The van der Waals surface area contributed by atoms with E-state index in [9.17, 15) is 4.79 Å². The van der Waals surface area contributed by atoms with Gasteiger partial charge in [-0.25, -0.2) is 4.98 Å². The molecule has 4 nitrogen and oxygen atoms in total. The molecule has 1 heterocycles. The number of hydrogen-bond donors (Lipinski definition) is 2. The fraction of sp³-hybridized carbons (Fsp3) is 0.556. The molecule has 1 aromatic heterocycles. The molecule has 0 saturated carbocycles. The maximum atomic E-state index is 11.4. The summed E-state index contributed by atoms with van der Waals surface area (Å²) in [5.41, 5.74) is 5.65. The van der Waals surface area contributed by atoms with Gasteiger partial charge in [-0.1, -0.05) is 13.3 Å². The molecule has 0 bridgehead atoms. The van der Waals surface area contributed by atoms with E-state index in [1.54, 1.807) is 0 Å². The van der Waals surface area contributed by atoms with Crippen molar-refractivity contribution in [3.05, 3.63) is 10.4 Å². The highest BCUT2D eigenvalue weighted by Crippen LogP contribution is 2.12. The van der Waals surface area contributed by atoms with Gasteiger partial charge in [-0.2, -0.15) is 0 Å². The number of thiazole rings is 1. The van der Waals surface area contributed by atoms with Crippen molar-refractivity contribution in [2.45, 2.75) is 32.7 Å². The van der Waals surface area contributed by atoms with Crippen molar-refractivity contribution < 1.29 is 4.79 Å². The predicted molar refractivity (Wildman–Crippen MR) is 58.4 cm³/mol. The molecule has 0 spiro atoms. The lowest BCUT2D eigenvalue weighted by Gasteiger charge is -2.08. The van der Waals surface area contributed by atoms with Crippen LogP contribution in [0.1, 0.15) is 24.8 Å². The molecule has 0 aliphatic rings. The Kier molecular flexibility index (Phi) is 4.03. The Hall–Kier alpha value is -0.940. The summed E-state index contributed by atoms with van der Waals surface area (Å²) < 4.78 is 0. The number of nitrogens with zero attached hydrogens (tertiary/aromatic N) is 1. The Balaban J connectivity index is 2.48. The van der Waals surface area contributed by atoms with Crippen LogP contribution in [0.25, 0.3) is 0 Å². The van der Waals surface area contributed by atoms with E-state index in [-0.39, 0.29) is 5.91 Å². The van der Waals surface area contributed by atoms with Crippen molar-refractivity contribution in [2.75, 3.05) is 5.32 Å². The topological polar surface area (TPSA) is 68.0 Å². The molecule has 1 unspecified atom stereocenters. The summed E-state index contributed by atoms with van der Waals surface area (Å²) in [6, 6.07) is -0.429. The predicted octanol–water partition coefficient (Wildman–Crippen LogP) is 1.52. The first kappa shape index (κ1) is 11.1. The Morgan fingerprint density at radius 2 is 2.50 bits per heavy atom. The lowest BCUT2D eigenvalue weighted by Crippen LogP contribution is -2.35. The molecule has 1 rings (SSSR count). The number of carbonyl (C=O) groups is 1. The van der Waals surface area contributed by atoms with Crippen molar-refractivity contribution in [3.8, 4) is 0 Å². The van der Waals surface area contributed by atoms with Crippen LogP contribution in [-0.2, 0) is 4.79 Å². The molecule has 0 aliphatic heterocycles. The number of nitrogens with one attached hydrogen (secondary N) is 1. The third-order valence-electron chi connectivity index (χ3n) is 1.81. The van der Waals surface area contributed by atoms with Crippen molar-refractivity contribution in [1.29, 1.82) is 0 Å². The number of aryl methyl sites for hydroxylation is 1. The lowest BCUT2D eigenvalue weighted by atomic mass is 10.2. The Morgan fingerprint density at radius 1 is 1.79 bits per heavy atom. The van der Waals surface area contributed by atoms with Crippen LogP contribution < -0.4 is 11.1 Å². The molecule has 5 heteroatoms. The van der Waals surface area contributed by atoms with Crippen LogP contribution in [0.2, 0.25) is 0 Å². The summed E-state index contributed by atoms with van der Waals surface area (Å²) in [6.45, 7) is 3.90. The van der Waals surface area contributed by atoms with E-state index in [2.05, 4.69) is 10.3 Å². The number of carbonyl (C=O) groups excluding carboxylic acids is 1. The number of nitrogens with two attached hydrogens (primary N) is 1. The second kappa shape index (κ2) is 5.07. The van der Waals surface area contributed by atoms with Crippen LogP contribution in [0.15, 0.2) is 5.38 Å². The summed E-state index contributed by atoms with van der Waals surface area (Å²) in [7, 11) is 0. The molecule has 0 saturated heterocycles. The SMILES string of the molecule is CCCC(N)C(=O)Nc1csc(C)n1. The summed E-state index contributed by atoms with van der Waals surface area (Å²) in [6.07, 6.45) is 1.61. The van der Waals surface area contributed by atoms with E-state index in [1.165, 1.54) is 11.3 Å². The maximum absolute atomic E-state index is 11.4. The quantitative estimate of drug-likeness (QED) is 0.796. The van der Waals surface area contributed by atoms with E-state index in [4.69, 9.17) is 5.73 Å². The number of amides is 1. The van der Waals surface area contributed by atoms with Gasteiger partial charge < -0.3 is 11.1 Å². The molecule has 0 aliphatic carbocycles. The van der Waals surface area contributed by atoms with Crippen LogP contribution in [0, 0.1) is 6.92 Å². The number of hydrogen-bond acceptors (Lipinski definition) is 4. The molecule has 0 aromatic carbocycles. The average Bonchev–Trinajstić information content (AvgIpc) is 2.51. The van der Waals surface area contributed by atoms with Gasteiger partial charge in [-0.15, -0.1) is 11.3 Å². The highest BCUT2D eigenvalue weighted by molar-refractivity contribution is 7.09. The van der Waals surface area contributed by atoms with Crippen LogP contribution in [0.4, 0.5) is 5.82 Å². The van der Waals surface area contributed by atoms with Crippen molar-refractivity contribution in [2.24, 2.45) is 5.73 Å². The first-order valence-corrected chi connectivity index (χ1v) is 5.50. The van der Waals surface area contributed by atoms with Crippen LogP contribution in [-0.4, -0.2) is 16.9 Å². The fourth-order valence-corrected chi connectivity index (χ4v) is 1.63. The lowest BCUT2D eigenvalue weighted by molar-refractivity contribution is -0.117. The second-order valence-corrected chi connectivity index (χ2v) is 4.20. The normalized spacial score (nSPS) is 12.5. The molecular formula is C9H15N3OS. The van der Waals surface area contributed by atoms with Gasteiger partial charge in [0.2, 0.25) is 5.91 Å². The van der Waals surface area contributed by atoms with E-state index >= 15 is 0 Å². The Labute approximate surface area is 87.5 Å². The zero-order chi connectivity index (χ0) is 10.6. The molecule has 0 radical (unpaired) electrons. The Morgan fingerprint density at radius 3 is 3.00 bits per heavy atom. The summed E-state index contributed by atoms with van der Waals surface area (Å²) >= 11 is 1.50. The number of rotatable bonds is 4. The van der Waals surface area contributed by atoms with Crippen LogP contribution in [0.3, 0.4) is 0 Å². The zero-order valence-corrected chi connectivity index (χ0v) is 9.23. The van der Waals surface area contributed by atoms with E-state index in [0.29, 0.717) is 12.2 Å². The minimum absolute atomic E-state index is 0.155. The molecule has 1 amide bonds. The number of anilines is 1. The third kappa shape index (κ3) is 3.08. The summed E-state index contributed by atoms with van der Waals surface area (Å²) in [5.74, 6) is 0.446. The smallest absolute Gasteiger partial charge is 0.242 e. The van der Waals surface area contributed by atoms with Gasteiger partial charge >= 0.3 is 0 Å². The van der Waals surface area contributed by atoms with Crippen molar-refractivity contribution >= 4 is 23.1 Å². The monoisotopic (exact) mass is 213 g/mol. The van der Waals surface area contributed by atoms with E-state index < -0.39 is 6.04 Å². The summed E-state index contributed by atoms with van der Waals surface area (Å²) in [4.78, 5) is 15.6. The van der Waals surface area contributed by atoms with Gasteiger partial charge in [0.05, 0.1) is 11.0 Å². The largest absolute Gasteiger partial charge is 0.320 e. The van der Waals surface area contributed by atoms with Gasteiger partial charge in [0.1, 0.15) is 5.82 Å². The molecule has 0 fully saturated rings. The second-order valence-electron chi connectivity index (χ2n) is 3.14. The van der Waals surface area contributed by atoms with E-state index in [0.717, 1.165) is 11.4 Å². The molecular weight excluding hydrogens is 198 g/mol. The third-order valence-corrected chi connectivity index (χ3v) is 2.58. The first-order valence-electron chi connectivity index (χ1n) is 4.62. The molecule has 3 N–H and O–H groups in total. The molecule has 1 atom stereocenters. The maximum Gasteiger partial charge on any atom is 0.242 e. The molecule has 78 valence electrons. The molecule has 14 heavy (non-hydrogen) atoms. The summed E-state index contributed by atoms with van der Waals surface area (Å²) in [5, 5.41) is 5.43. The van der Waals surface area contributed by atoms with Crippen molar-refractivity contribution in [3.63, 3.8) is 0 Å². The van der Waals surface area contributed by atoms with Gasteiger partial charge in [-0.3, -0.25) is 4.79 Å². The van der Waals surface area contributed by atoms with Gasteiger partial charge in [-0.05, 0) is 13.3 Å². The Bertz CT molecular complexity index is 311. The van der Waals surface area contributed by atoms with Crippen molar-refractivity contribution in [1.82, 2.24) is 4.98 Å². The zero-order valence-electron chi connectivity index (χ0n) is 8.41. The average molecular weight is 213 g/mol. The first-order chi connectivity index (χ1) is 6.63. The highest BCUT2D eigenvalue weighted by Gasteiger charge is 2.13. The highest BCUT2D eigenvalue weighted by atomic mass is 32.1. The molecule has 1 aromatic rings. The van der Waals surface area contributed by atoms with Crippen LogP contribution >= 0.6 is 11.3 Å². The standard InChI is InChI=1S/C9H15N3OS/c1-3-4-7(10)9(13)12-8-5-14-6(2)11-8/h5,7H,3-4,10H2,1-2H3,(H,12,13). The fourth-order valence-electron chi connectivity index (χ4n) is 1.08. The van der Waals surface area contributed by atoms with E-state index in [1.807, 2.05) is 19.2 Å². The van der Waals surface area contributed by atoms with Crippen LogP contribution in [0.5, 0.6) is 0 Å². The number of aromatic nitrogens is 1. The van der Waals surface area contributed by atoms with Gasteiger partial charge in [0, 0.05) is 5.38 Å². The minimum atomic E-state index is -0.429.